The molecule has 0 aliphatic carbocycles. The van der Waals surface area contributed by atoms with E-state index in [1.165, 1.54) is 11.1 Å². The highest BCUT2D eigenvalue weighted by Gasteiger charge is 2.17. The Morgan fingerprint density at radius 1 is 0.923 bits per heavy atom. The van der Waals surface area contributed by atoms with Gasteiger partial charge in [-0.2, -0.15) is 0 Å². The maximum atomic E-state index is 13.0. The van der Waals surface area contributed by atoms with Crippen molar-refractivity contribution in [3.63, 3.8) is 0 Å². The van der Waals surface area contributed by atoms with Crippen LogP contribution in [-0.2, 0) is 6.54 Å². The van der Waals surface area contributed by atoms with E-state index in [4.69, 9.17) is 4.74 Å². The molecule has 3 heteroatoms. The van der Waals surface area contributed by atoms with Crippen LogP contribution in [0.4, 0.5) is 0 Å². The minimum absolute atomic E-state index is 0.0588. The number of carbonyl (C=O) groups is 1. The lowest BCUT2D eigenvalue weighted by Crippen LogP contribution is -2.26. The molecule has 3 aromatic carbocycles. The summed E-state index contributed by atoms with van der Waals surface area (Å²) < 4.78 is 5.92. The molecule has 0 fully saturated rings. The van der Waals surface area contributed by atoms with Gasteiger partial charge in [-0.3, -0.25) is 4.79 Å². The van der Waals surface area contributed by atoms with E-state index in [0.29, 0.717) is 23.6 Å². The van der Waals surface area contributed by atoms with Gasteiger partial charge in [-0.1, -0.05) is 54.1 Å². The zero-order chi connectivity index (χ0) is 18.5. The van der Waals surface area contributed by atoms with Gasteiger partial charge in [-0.05, 0) is 49.2 Å². The van der Waals surface area contributed by atoms with E-state index >= 15 is 0 Å². The van der Waals surface area contributed by atoms with Gasteiger partial charge in [0, 0.05) is 13.6 Å². The minimum Gasteiger partial charge on any atom is -0.457 e. The molecule has 0 aliphatic rings. The lowest BCUT2D eigenvalue weighted by atomic mass is 10.0. The van der Waals surface area contributed by atoms with Gasteiger partial charge >= 0.3 is 0 Å². The maximum absolute atomic E-state index is 13.0. The second kappa shape index (κ2) is 7.87. The number of hydrogen-bond acceptors (Lipinski definition) is 2. The van der Waals surface area contributed by atoms with Gasteiger partial charge in [0.1, 0.15) is 11.5 Å². The third kappa shape index (κ3) is 4.12. The van der Waals surface area contributed by atoms with E-state index in [0.717, 1.165) is 5.56 Å². The molecule has 3 rings (SSSR count). The van der Waals surface area contributed by atoms with Crippen LogP contribution in [0.3, 0.4) is 0 Å². The number of ether oxygens (including phenoxy) is 1. The van der Waals surface area contributed by atoms with Crippen LogP contribution in [0.2, 0.25) is 0 Å². The van der Waals surface area contributed by atoms with Gasteiger partial charge in [0.2, 0.25) is 0 Å². The van der Waals surface area contributed by atoms with Gasteiger partial charge in [-0.15, -0.1) is 0 Å². The topological polar surface area (TPSA) is 29.5 Å². The Hall–Kier alpha value is -3.07. The molecule has 0 aliphatic heterocycles. The number of para-hydroxylation sites is 2. The first-order valence-corrected chi connectivity index (χ1v) is 8.68. The van der Waals surface area contributed by atoms with Gasteiger partial charge in [0.15, 0.2) is 0 Å². The SMILES string of the molecule is Cc1ccc(CN(C)C(=O)c2ccccc2Oc2ccccc2)c(C)c1. The first-order chi connectivity index (χ1) is 12.5. The first kappa shape index (κ1) is 17.7. The maximum Gasteiger partial charge on any atom is 0.257 e. The van der Waals surface area contributed by atoms with Gasteiger partial charge in [0.25, 0.3) is 5.91 Å². The fraction of sp³-hybridized carbons (Fsp3) is 0.174. The van der Waals surface area contributed by atoms with Crippen LogP contribution in [0.25, 0.3) is 0 Å². The highest BCUT2D eigenvalue weighted by Crippen LogP contribution is 2.26. The fourth-order valence-corrected chi connectivity index (χ4v) is 2.90. The van der Waals surface area contributed by atoms with Crippen LogP contribution in [-0.4, -0.2) is 17.9 Å². The predicted octanol–water partition coefficient (Wildman–Crippen LogP) is 5.37. The molecule has 0 spiro atoms. The van der Waals surface area contributed by atoms with Crippen LogP contribution in [0, 0.1) is 13.8 Å². The van der Waals surface area contributed by atoms with Gasteiger partial charge in [0.05, 0.1) is 5.56 Å². The van der Waals surface area contributed by atoms with E-state index in [9.17, 15) is 4.79 Å². The normalized spacial score (nSPS) is 10.4. The molecule has 0 bridgehead atoms. The van der Waals surface area contributed by atoms with Gasteiger partial charge in [-0.25, -0.2) is 0 Å². The molecular weight excluding hydrogens is 322 g/mol. The second-order valence-electron chi connectivity index (χ2n) is 6.50. The van der Waals surface area contributed by atoms with Crippen molar-refractivity contribution in [2.24, 2.45) is 0 Å². The zero-order valence-electron chi connectivity index (χ0n) is 15.4. The van der Waals surface area contributed by atoms with Crippen molar-refractivity contribution in [1.82, 2.24) is 4.90 Å². The number of benzene rings is 3. The molecule has 0 aromatic heterocycles. The molecule has 0 saturated heterocycles. The highest BCUT2D eigenvalue weighted by atomic mass is 16.5. The minimum atomic E-state index is -0.0588. The Labute approximate surface area is 154 Å². The van der Waals surface area contributed by atoms with Crippen molar-refractivity contribution >= 4 is 5.91 Å². The molecular formula is C23H23NO2. The summed E-state index contributed by atoms with van der Waals surface area (Å²) in [6.45, 7) is 4.71. The summed E-state index contributed by atoms with van der Waals surface area (Å²) in [6, 6.07) is 23.2. The zero-order valence-corrected chi connectivity index (χ0v) is 15.4. The number of nitrogens with zero attached hydrogens (tertiary/aromatic N) is 1. The Morgan fingerprint density at radius 3 is 2.35 bits per heavy atom. The Bertz CT molecular complexity index is 903. The molecule has 132 valence electrons. The Balaban J connectivity index is 1.81. The van der Waals surface area contributed by atoms with Crippen LogP contribution in [0.1, 0.15) is 27.0 Å². The Kier molecular flexibility index (Phi) is 5.37. The average Bonchev–Trinajstić information content (AvgIpc) is 2.65. The number of aryl methyl sites for hydroxylation is 2. The third-order valence-electron chi connectivity index (χ3n) is 4.34. The molecule has 0 heterocycles. The summed E-state index contributed by atoms with van der Waals surface area (Å²) in [7, 11) is 1.82. The lowest BCUT2D eigenvalue weighted by Gasteiger charge is -2.20. The molecule has 26 heavy (non-hydrogen) atoms. The average molecular weight is 345 g/mol. The van der Waals surface area contributed by atoms with Crippen molar-refractivity contribution in [3.05, 3.63) is 95.1 Å². The van der Waals surface area contributed by atoms with Crippen molar-refractivity contribution in [3.8, 4) is 11.5 Å². The van der Waals surface area contributed by atoms with Crippen LogP contribution in [0.15, 0.2) is 72.8 Å². The Morgan fingerprint density at radius 2 is 1.62 bits per heavy atom. The summed E-state index contributed by atoms with van der Waals surface area (Å²) in [5.41, 5.74) is 4.12. The molecule has 3 aromatic rings. The summed E-state index contributed by atoms with van der Waals surface area (Å²) in [6.07, 6.45) is 0. The van der Waals surface area contributed by atoms with Crippen molar-refractivity contribution in [2.45, 2.75) is 20.4 Å². The molecule has 0 atom stereocenters. The second-order valence-corrected chi connectivity index (χ2v) is 6.50. The highest BCUT2D eigenvalue weighted by molar-refractivity contribution is 5.96. The van der Waals surface area contributed by atoms with Crippen LogP contribution in [0.5, 0.6) is 11.5 Å². The lowest BCUT2D eigenvalue weighted by molar-refractivity contribution is 0.0782. The summed E-state index contributed by atoms with van der Waals surface area (Å²) in [5.74, 6) is 1.22. The van der Waals surface area contributed by atoms with Crippen LogP contribution < -0.4 is 4.74 Å². The van der Waals surface area contributed by atoms with E-state index in [2.05, 4.69) is 32.0 Å². The van der Waals surface area contributed by atoms with Crippen LogP contribution >= 0.6 is 0 Å². The largest absolute Gasteiger partial charge is 0.457 e. The third-order valence-corrected chi connectivity index (χ3v) is 4.34. The molecule has 0 saturated carbocycles. The molecule has 3 nitrogen and oxygen atoms in total. The monoisotopic (exact) mass is 345 g/mol. The quantitative estimate of drug-likeness (QED) is 0.622. The van der Waals surface area contributed by atoms with Crippen molar-refractivity contribution in [2.75, 3.05) is 7.05 Å². The standard InChI is InChI=1S/C23H23NO2/c1-17-13-14-19(18(2)15-17)16-24(3)23(25)21-11-7-8-12-22(21)26-20-9-5-4-6-10-20/h4-15H,16H2,1-3H3. The van der Waals surface area contributed by atoms with E-state index in [-0.39, 0.29) is 5.91 Å². The van der Waals surface area contributed by atoms with Gasteiger partial charge < -0.3 is 9.64 Å². The number of hydrogen-bond donors (Lipinski definition) is 0. The molecule has 0 N–H and O–H groups in total. The van der Waals surface area contributed by atoms with Crippen molar-refractivity contribution in [1.29, 1.82) is 0 Å². The smallest absolute Gasteiger partial charge is 0.257 e. The predicted molar refractivity (Wildman–Crippen MR) is 105 cm³/mol. The summed E-state index contributed by atoms with van der Waals surface area (Å²) in [5, 5.41) is 0. The number of carbonyl (C=O) groups excluding carboxylic acids is 1. The van der Waals surface area contributed by atoms with E-state index in [1.807, 2.05) is 55.6 Å². The summed E-state index contributed by atoms with van der Waals surface area (Å²) in [4.78, 5) is 14.7. The number of rotatable bonds is 5. The van der Waals surface area contributed by atoms with Crippen molar-refractivity contribution < 1.29 is 9.53 Å². The molecule has 0 radical (unpaired) electrons. The fourth-order valence-electron chi connectivity index (χ4n) is 2.90. The van der Waals surface area contributed by atoms with E-state index < -0.39 is 0 Å². The molecule has 1 amide bonds. The van der Waals surface area contributed by atoms with E-state index in [1.54, 1.807) is 11.0 Å². The number of amides is 1. The first-order valence-electron chi connectivity index (χ1n) is 8.68. The molecule has 0 unspecified atom stereocenters. The summed E-state index contributed by atoms with van der Waals surface area (Å²) >= 11 is 0.